The summed E-state index contributed by atoms with van der Waals surface area (Å²) in [6.45, 7) is 7.71. The molecular formula is C24H26FN7O2. The Morgan fingerprint density at radius 2 is 1.94 bits per heavy atom. The fraction of sp³-hybridized carbons (Fsp3) is 0.333. The molecule has 4 heterocycles. The van der Waals surface area contributed by atoms with Gasteiger partial charge in [-0.25, -0.2) is 9.37 Å². The van der Waals surface area contributed by atoms with E-state index >= 15 is 0 Å². The van der Waals surface area contributed by atoms with Gasteiger partial charge < -0.3 is 24.7 Å². The van der Waals surface area contributed by atoms with Crippen LogP contribution in [0.2, 0.25) is 0 Å². The van der Waals surface area contributed by atoms with Gasteiger partial charge in [-0.2, -0.15) is 0 Å². The van der Waals surface area contributed by atoms with Crippen molar-refractivity contribution in [1.82, 2.24) is 24.9 Å². The van der Waals surface area contributed by atoms with Crippen molar-refractivity contribution in [2.45, 2.75) is 32.9 Å². The van der Waals surface area contributed by atoms with E-state index in [1.807, 2.05) is 6.07 Å². The molecule has 176 valence electrons. The number of carbonyl (C=O) groups is 1. The zero-order valence-electron chi connectivity index (χ0n) is 19.5. The number of halogens is 1. The number of pyridine rings is 1. The van der Waals surface area contributed by atoms with Crippen molar-refractivity contribution in [3.63, 3.8) is 0 Å². The summed E-state index contributed by atoms with van der Waals surface area (Å²) in [7, 11) is 1.53. The molecule has 1 aliphatic rings. The van der Waals surface area contributed by atoms with Crippen LogP contribution in [0.25, 0.3) is 16.6 Å². The van der Waals surface area contributed by atoms with Gasteiger partial charge in [0, 0.05) is 60.8 Å². The summed E-state index contributed by atoms with van der Waals surface area (Å²) >= 11 is 0. The van der Waals surface area contributed by atoms with Crippen LogP contribution in [0.3, 0.4) is 0 Å². The third kappa shape index (κ3) is 4.01. The SMILES string of the molecule is COc1cc2c(N3C[C@@H](C)N[C@H](C)C3)ccc(C(=O)Nc3cc(F)c4nc(C)cn4c3)c2nn1. The maximum Gasteiger partial charge on any atom is 0.257 e. The van der Waals surface area contributed by atoms with Crippen LogP contribution >= 0.6 is 0 Å². The Balaban J connectivity index is 1.54. The number of imidazole rings is 1. The highest BCUT2D eigenvalue weighted by atomic mass is 19.1. The van der Waals surface area contributed by atoms with E-state index < -0.39 is 11.7 Å². The predicted octanol–water partition coefficient (Wildman–Crippen LogP) is 3.17. The maximum atomic E-state index is 14.5. The van der Waals surface area contributed by atoms with Gasteiger partial charge in [-0.3, -0.25) is 4.79 Å². The average Bonchev–Trinajstić information content (AvgIpc) is 3.18. The van der Waals surface area contributed by atoms with E-state index in [0.717, 1.165) is 24.2 Å². The number of rotatable bonds is 4. The number of hydrogen-bond acceptors (Lipinski definition) is 7. The van der Waals surface area contributed by atoms with Gasteiger partial charge in [0.1, 0.15) is 5.52 Å². The number of hydrogen-bond donors (Lipinski definition) is 2. The first-order chi connectivity index (χ1) is 16.3. The van der Waals surface area contributed by atoms with Crippen LogP contribution in [0.5, 0.6) is 5.88 Å². The Bertz CT molecular complexity index is 1390. The molecule has 4 aromatic rings. The highest BCUT2D eigenvalue weighted by Crippen LogP contribution is 2.32. The molecule has 1 saturated heterocycles. The largest absolute Gasteiger partial charge is 0.480 e. The molecule has 0 bridgehead atoms. The second-order valence-electron chi connectivity index (χ2n) is 8.80. The zero-order chi connectivity index (χ0) is 24.0. The maximum absolute atomic E-state index is 14.5. The first-order valence-electron chi connectivity index (χ1n) is 11.1. The molecule has 2 atom stereocenters. The molecule has 5 rings (SSSR count). The molecule has 1 amide bonds. The number of amides is 1. The van der Waals surface area contributed by atoms with E-state index in [0.29, 0.717) is 40.4 Å². The van der Waals surface area contributed by atoms with Gasteiger partial charge >= 0.3 is 0 Å². The molecule has 0 aliphatic carbocycles. The minimum atomic E-state index is -0.516. The Morgan fingerprint density at radius 3 is 2.68 bits per heavy atom. The van der Waals surface area contributed by atoms with Crippen molar-refractivity contribution in [3.8, 4) is 5.88 Å². The smallest absolute Gasteiger partial charge is 0.257 e. The highest BCUT2D eigenvalue weighted by molar-refractivity contribution is 6.14. The molecule has 10 heteroatoms. The molecule has 3 aromatic heterocycles. The quantitative estimate of drug-likeness (QED) is 0.480. The Morgan fingerprint density at radius 1 is 1.18 bits per heavy atom. The molecule has 1 aliphatic heterocycles. The molecule has 0 unspecified atom stereocenters. The van der Waals surface area contributed by atoms with Gasteiger partial charge in [-0.05, 0) is 32.9 Å². The third-order valence-electron chi connectivity index (χ3n) is 5.95. The van der Waals surface area contributed by atoms with Gasteiger partial charge in [0.2, 0.25) is 5.88 Å². The summed E-state index contributed by atoms with van der Waals surface area (Å²) in [6, 6.07) is 7.35. The van der Waals surface area contributed by atoms with E-state index in [1.165, 1.54) is 13.2 Å². The van der Waals surface area contributed by atoms with E-state index in [1.54, 1.807) is 35.9 Å². The fourth-order valence-electron chi connectivity index (χ4n) is 4.63. The second kappa shape index (κ2) is 8.53. The minimum absolute atomic E-state index is 0.211. The number of aryl methyl sites for hydroxylation is 1. The van der Waals surface area contributed by atoms with Crippen LogP contribution in [0.1, 0.15) is 29.9 Å². The van der Waals surface area contributed by atoms with Crippen molar-refractivity contribution in [2.24, 2.45) is 0 Å². The van der Waals surface area contributed by atoms with Crippen LogP contribution in [0.15, 0.2) is 36.7 Å². The van der Waals surface area contributed by atoms with Crippen LogP contribution in [0, 0.1) is 12.7 Å². The van der Waals surface area contributed by atoms with Gasteiger partial charge in [-0.15, -0.1) is 10.2 Å². The summed E-state index contributed by atoms with van der Waals surface area (Å²) in [5.41, 5.74) is 2.96. The molecule has 0 radical (unpaired) electrons. The molecule has 1 aromatic carbocycles. The lowest BCUT2D eigenvalue weighted by molar-refractivity contribution is 0.102. The van der Waals surface area contributed by atoms with Crippen molar-refractivity contribution in [1.29, 1.82) is 0 Å². The summed E-state index contributed by atoms with van der Waals surface area (Å²) in [5, 5.41) is 15.5. The number of anilines is 2. The van der Waals surface area contributed by atoms with E-state index in [2.05, 4.69) is 44.6 Å². The van der Waals surface area contributed by atoms with E-state index in [4.69, 9.17) is 4.74 Å². The lowest BCUT2D eigenvalue weighted by atomic mass is 10.0. The number of ether oxygens (including phenoxy) is 1. The number of benzene rings is 1. The van der Waals surface area contributed by atoms with E-state index in [9.17, 15) is 9.18 Å². The summed E-state index contributed by atoms with van der Waals surface area (Å²) in [6.07, 6.45) is 3.33. The molecule has 9 nitrogen and oxygen atoms in total. The average molecular weight is 464 g/mol. The molecular weight excluding hydrogens is 437 g/mol. The van der Waals surface area contributed by atoms with Crippen LogP contribution in [-0.2, 0) is 0 Å². The number of aromatic nitrogens is 4. The summed E-state index contributed by atoms with van der Waals surface area (Å²) in [5.74, 6) is -0.559. The number of piperazine rings is 1. The first-order valence-corrected chi connectivity index (χ1v) is 11.1. The summed E-state index contributed by atoms with van der Waals surface area (Å²) < 4.78 is 21.3. The predicted molar refractivity (Wildman–Crippen MR) is 128 cm³/mol. The van der Waals surface area contributed by atoms with Gasteiger partial charge in [-0.1, -0.05) is 0 Å². The first kappa shape index (κ1) is 22.0. The monoisotopic (exact) mass is 463 g/mol. The lowest BCUT2D eigenvalue weighted by Crippen LogP contribution is -2.54. The van der Waals surface area contributed by atoms with Crippen LogP contribution in [0.4, 0.5) is 15.8 Å². The number of methoxy groups -OCH3 is 1. The standard InChI is InChI=1S/C24H26FN7O2/c1-13-9-31(10-14(2)26-13)20-6-5-17(22-18(20)8-21(34-4)29-30-22)24(33)28-16-7-19(25)23-27-15(3)11-32(23)12-16/h5-8,11-14,26H,9-10H2,1-4H3,(H,28,33)/t13-,14-/m1/s1. The minimum Gasteiger partial charge on any atom is -0.480 e. The van der Waals surface area contributed by atoms with E-state index in [-0.39, 0.29) is 5.65 Å². The van der Waals surface area contributed by atoms with Gasteiger partial charge in [0.25, 0.3) is 5.91 Å². The van der Waals surface area contributed by atoms with Crippen molar-refractivity contribution in [3.05, 3.63) is 53.7 Å². The Hall–Kier alpha value is -3.79. The second-order valence-corrected chi connectivity index (χ2v) is 8.80. The molecule has 34 heavy (non-hydrogen) atoms. The number of nitrogens with zero attached hydrogens (tertiary/aromatic N) is 5. The molecule has 2 N–H and O–H groups in total. The van der Waals surface area contributed by atoms with Crippen LogP contribution < -0.4 is 20.3 Å². The zero-order valence-corrected chi connectivity index (χ0v) is 19.5. The van der Waals surface area contributed by atoms with Crippen molar-refractivity contribution < 1.29 is 13.9 Å². The molecule has 0 saturated carbocycles. The van der Waals surface area contributed by atoms with Crippen LogP contribution in [-0.4, -0.2) is 57.8 Å². The van der Waals surface area contributed by atoms with Crippen molar-refractivity contribution >= 4 is 33.8 Å². The summed E-state index contributed by atoms with van der Waals surface area (Å²) in [4.78, 5) is 19.7. The Labute approximate surface area is 195 Å². The van der Waals surface area contributed by atoms with Crippen molar-refractivity contribution in [2.75, 3.05) is 30.4 Å². The Kier molecular flexibility index (Phi) is 5.52. The molecule has 0 spiro atoms. The van der Waals surface area contributed by atoms with Gasteiger partial charge in [0.15, 0.2) is 11.5 Å². The lowest BCUT2D eigenvalue weighted by Gasteiger charge is -2.38. The van der Waals surface area contributed by atoms with Gasteiger partial charge in [0.05, 0.1) is 24.1 Å². The molecule has 1 fully saturated rings. The normalized spacial score (nSPS) is 18.4. The topological polar surface area (TPSA) is 96.7 Å². The third-order valence-corrected chi connectivity index (χ3v) is 5.95. The number of carbonyl (C=O) groups excluding carboxylic acids is 1. The number of nitrogens with one attached hydrogen (secondary N) is 2. The number of fused-ring (bicyclic) bond motifs is 2. The fourth-order valence-corrected chi connectivity index (χ4v) is 4.63. The highest BCUT2D eigenvalue weighted by Gasteiger charge is 2.25.